The fourth-order valence-corrected chi connectivity index (χ4v) is 3.50. The number of fused-ring (bicyclic) bond motifs is 1. The molecule has 0 saturated heterocycles. The van der Waals surface area contributed by atoms with Crippen LogP contribution in [0.1, 0.15) is 51.4 Å². The number of nitrogens with one attached hydrogen (secondary N) is 2. The van der Waals surface area contributed by atoms with Gasteiger partial charge < -0.3 is 15.4 Å². The zero-order valence-electron chi connectivity index (χ0n) is 15.1. The molecule has 136 valence electrons. The molecule has 0 radical (unpaired) electrons. The van der Waals surface area contributed by atoms with Crippen LogP contribution in [0.3, 0.4) is 0 Å². The maximum atomic E-state index is 12.6. The molecule has 0 bridgehead atoms. The van der Waals surface area contributed by atoms with Gasteiger partial charge in [0, 0.05) is 13.3 Å². The molecule has 7 heteroatoms. The second kappa shape index (κ2) is 7.82. The number of methoxy groups -OCH3 is 1. The van der Waals surface area contributed by atoms with E-state index in [1.54, 1.807) is 7.11 Å². The van der Waals surface area contributed by atoms with E-state index in [1.165, 1.54) is 0 Å². The van der Waals surface area contributed by atoms with Crippen molar-refractivity contribution in [3.05, 3.63) is 30.2 Å². The largest absolute Gasteiger partial charge is 0.379 e. The number of nitrogens with zero attached hydrogens (tertiary/aromatic N) is 3. The molecule has 1 saturated carbocycles. The topological polar surface area (TPSA) is 80.5 Å². The molecular formula is C18H27N5O2. The van der Waals surface area contributed by atoms with Gasteiger partial charge >= 0.3 is 6.03 Å². The van der Waals surface area contributed by atoms with E-state index in [0.29, 0.717) is 0 Å². The fraction of sp³-hybridized carbons (Fsp3) is 0.611. The lowest BCUT2D eigenvalue weighted by atomic mass is 9.92. The number of amides is 2. The predicted molar refractivity (Wildman–Crippen MR) is 95.3 cm³/mol. The third-order valence-corrected chi connectivity index (χ3v) is 4.89. The van der Waals surface area contributed by atoms with E-state index in [0.717, 1.165) is 37.2 Å². The lowest BCUT2D eigenvalue weighted by Gasteiger charge is -2.32. The van der Waals surface area contributed by atoms with E-state index in [-0.39, 0.29) is 30.1 Å². The van der Waals surface area contributed by atoms with Crippen molar-refractivity contribution in [1.29, 1.82) is 0 Å². The first-order valence-corrected chi connectivity index (χ1v) is 8.99. The third kappa shape index (κ3) is 3.92. The molecule has 25 heavy (non-hydrogen) atoms. The third-order valence-electron chi connectivity index (χ3n) is 4.89. The summed E-state index contributed by atoms with van der Waals surface area (Å²) in [4.78, 5) is 12.6. The summed E-state index contributed by atoms with van der Waals surface area (Å²) in [5.74, 6) is 0.926. The van der Waals surface area contributed by atoms with Crippen LogP contribution in [0.5, 0.6) is 0 Å². The Morgan fingerprint density at radius 1 is 1.28 bits per heavy atom. The lowest BCUT2D eigenvalue weighted by molar-refractivity contribution is 0.0449. The normalized spacial score (nSPS) is 22.1. The number of urea groups is 1. The average molecular weight is 345 g/mol. The van der Waals surface area contributed by atoms with E-state index < -0.39 is 0 Å². The number of ether oxygens (including phenoxy) is 1. The molecule has 0 spiro atoms. The minimum Gasteiger partial charge on any atom is -0.379 e. The molecule has 2 aromatic rings. The second-order valence-electron chi connectivity index (χ2n) is 6.99. The summed E-state index contributed by atoms with van der Waals surface area (Å²) in [6.45, 7) is 4.13. The Morgan fingerprint density at radius 3 is 2.84 bits per heavy atom. The van der Waals surface area contributed by atoms with Crippen molar-refractivity contribution in [1.82, 2.24) is 25.2 Å². The SMILES string of the molecule is CO[C@@H]1CCCC[C@@H]1NC(=O)N[C@@H](c1nnc2ccccn12)C(C)C. The highest BCUT2D eigenvalue weighted by Crippen LogP contribution is 2.22. The molecule has 3 rings (SSSR count). The van der Waals surface area contributed by atoms with Gasteiger partial charge in [-0.15, -0.1) is 10.2 Å². The van der Waals surface area contributed by atoms with Crippen LogP contribution in [0.4, 0.5) is 4.79 Å². The van der Waals surface area contributed by atoms with Crippen LogP contribution in [0.2, 0.25) is 0 Å². The van der Waals surface area contributed by atoms with Crippen molar-refractivity contribution in [2.24, 2.45) is 5.92 Å². The molecule has 0 unspecified atom stereocenters. The zero-order valence-corrected chi connectivity index (χ0v) is 15.1. The van der Waals surface area contributed by atoms with Gasteiger partial charge in [-0.25, -0.2) is 4.79 Å². The summed E-state index contributed by atoms with van der Waals surface area (Å²) in [5.41, 5.74) is 0.775. The van der Waals surface area contributed by atoms with Crippen LogP contribution < -0.4 is 10.6 Å². The molecule has 0 aliphatic heterocycles. The van der Waals surface area contributed by atoms with Gasteiger partial charge in [-0.3, -0.25) is 4.40 Å². The molecule has 2 heterocycles. The first-order chi connectivity index (χ1) is 12.1. The van der Waals surface area contributed by atoms with Gasteiger partial charge in [-0.1, -0.05) is 32.8 Å². The molecule has 1 aliphatic carbocycles. The number of aromatic nitrogens is 3. The number of carbonyl (C=O) groups excluding carboxylic acids is 1. The van der Waals surface area contributed by atoms with Gasteiger partial charge in [-0.2, -0.15) is 0 Å². The molecule has 7 nitrogen and oxygen atoms in total. The van der Waals surface area contributed by atoms with Crippen LogP contribution in [-0.2, 0) is 4.74 Å². The summed E-state index contributed by atoms with van der Waals surface area (Å²) in [7, 11) is 1.71. The highest BCUT2D eigenvalue weighted by molar-refractivity contribution is 5.74. The first-order valence-electron chi connectivity index (χ1n) is 8.99. The maximum absolute atomic E-state index is 12.6. The van der Waals surface area contributed by atoms with Crippen molar-refractivity contribution < 1.29 is 9.53 Å². The Kier molecular flexibility index (Phi) is 5.53. The van der Waals surface area contributed by atoms with Crippen molar-refractivity contribution in [3.63, 3.8) is 0 Å². The van der Waals surface area contributed by atoms with E-state index in [2.05, 4.69) is 34.7 Å². The van der Waals surface area contributed by atoms with Crippen LogP contribution in [-0.4, -0.2) is 39.9 Å². The Balaban J connectivity index is 1.72. The Morgan fingerprint density at radius 2 is 2.08 bits per heavy atom. The minimum absolute atomic E-state index is 0.0571. The van der Waals surface area contributed by atoms with E-state index in [9.17, 15) is 4.79 Å². The van der Waals surface area contributed by atoms with Gasteiger partial charge in [0.2, 0.25) is 0 Å². The van der Waals surface area contributed by atoms with Gasteiger partial charge in [0.05, 0.1) is 18.2 Å². The van der Waals surface area contributed by atoms with Gasteiger partial charge in [0.15, 0.2) is 11.5 Å². The van der Waals surface area contributed by atoms with Crippen LogP contribution >= 0.6 is 0 Å². The van der Waals surface area contributed by atoms with E-state index in [1.807, 2.05) is 28.8 Å². The Hall–Kier alpha value is -2.15. The molecule has 2 N–H and O–H groups in total. The van der Waals surface area contributed by atoms with Crippen molar-refractivity contribution >= 4 is 11.7 Å². The molecular weight excluding hydrogens is 318 g/mol. The standard InChI is InChI=1S/C18H27N5O2/c1-12(2)16(17-22-21-15-10-6-7-11-23(15)17)20-18(24)19-13-8-4-5-9-14(13)25-3/h6-7,10-14,16H,4-5,8-9H2,1-3H3,(H2,19,20,24)/t13-,14+,16+/m0/s1. The smallest absolute Gasteiger partial charge is 0.315 e. The summed E-state index contributed by atoms with van der Waals surface area (Å²) >= 11 is 0. The van der Waals surface area contributed by atoms with Crippen molar-refractivity contribution in [2.45, 2.75) is 57.7 Å². The highest BCUT2D eigenvalue weighted by Gasteiger charge is 2.28. The second-order valence-corrected chi connectivity index (χ2v) is 6.99. The zero-order chi connectivity index (χ0) is 17.8. The average Bonchev–Trinajstić information content (AvgIpc) is 3.03. The summed E-state index contributed by atoms with van der Waals surface area (Å²) in [5, 5.41) is 14.6. The van der Waals surface area contributed by atoms with Crippen molar-refractivity contribution in [2.75, 3.05) is 7.11 Å². The number of hydrogen-bond donors (Lipinski definition) is 2. The van der Waals surface area contributed by atoms with Gasteiger partial charge in [0.1, 0.15) is 0 Å². The summed E-state index contributed by atoms with van der Waals surface area (Å²) in [6.07, 6.45) is 6.22. The monoisotopic (exact) mass is 345 g/mol. The quantitative estimate of drug-likeness (QED) is 0.873. The number of rotatable bonds is 5. The summed E-state index contributed by atoms with van der Waals surface area (Å²) in [6, 6.07) is 5.41. The minimum atomic E-state index is -0.220. The highest BCUT2D eigenvalue weighted by atomic mass is 16.5. The Bertz CT molecular complexity index is 714. The van der Waals surface area contributed by atoms with Crippen LogP contribution in [0.15, 0.2) is 24.4 Å². The molecule has 2 amide bonds. The van der Waals surface area contributed by atoms with E-state index in [4.69, 9.17) is 4.74 Å². The number of pyridine rings is 1. The van der Waals surface area contributed by atoms with Crippen LogP contribution in [0.25, 0.3) is 5.65 Å². The first kappa shape index (κ1) is 17.7. The van der Waals surface area contributed by atoms with Gasteiger partial charge in [-0.05, 0) is 30.9 Å². The molecule has 1 fully saturated rings. The summed E-state index contributed by atoms with van der Waals surface area (Å²) < 4.78 is 7.44. The Labute approximate surface area is 148 Å². The molecule has 1 aliphatic rings. The van der Waals surface area contributed by atoms with Gasteiger partial charge in [0.25, 0.3) is 0 Å². The molecule has 2 aromatic heterocycles. The van der Waals surface area contributed by atoms with Crippen molar-refractivity contribution in [3.8, 4) is 0 Å². The maximum Gasteiger partial charge on any atom is 0.315 e. The number of carbonyl (C=O) groups is 1. The van der Waals surface area contributed by atoms with Crippen LogP contribution in [0, 0.1) is 5.92 Å². The molecule has 3 atom stereocenters. The lowest BCUT2D eigenvalue weighted by Crippen LogP contribution is -2.50. The fourth-order valence-electron chi connectivity index (χ4n) is 3.50. The predicted octanol–water partition coefficient (Wildman–Crippen LogP) is 2.68. The van der Waals surface area contributed by atoms with E-state index >= 15 is 0 Å². The molecule has 0 aromatic carbocycles. The number of hydrogen-bond acceptors (Lipinski definition) is 4.